The molecule has 9 heteroatoms. The first-order valence-electron chi connectivity index (χ1n) is 6.07. The molecule has 0 spiro atoms. The first-order valence-corrected chi connectivity index (χ1v) is 7.06. The van der Waals surface area contributed by atoms with Crippen LogP contribution in [-0.4, -0.2) is 31.2 Å². The fourth-order valence-electron chi connectivity index (χ4n) is 1.61. The quantitative estimate of drug-likeness (QED) is 0.681. The summed E-state index contributed by atoms with van der Waals surface area (Å²) in [6.45, 7) is 0. The largest absolute Gasteiger partial charge is 0.481 e. The van der Waals surface area contributed by atoms with E-state index in [4.69, 9.17) is 14.0 Å². The molecule has 0 aliphatic carbocycles. The molecule has 0 fully saturated rings. The first-order chi connectivity index (χ1) is 10.2. The molecule has 0 aliphatic rings. The average Bonchev–Trinajstić information content (AvgIpc) is 3.09. The number of carbonyl (C=O) groups is 1. The third-order valence-electron chi connectivity index (χ3n) is 2.56. The summed E-state index contributed by atoms with van der Waals surface area (Å²) in [7, 11) is 0. The third-order valence-corrected chi connectivity index (χ3v) is 3.38. The van der Waals surface area contributed by atoms with Gasteiger partial charge in [-0.3, -0.25) is 9.78 Å². The maximum atomic E-state index is 10.5. The number of fused-ring (bicyclic) bond motifs is 1. The Kier molecular flexibility index (Phi) is 3.82. The topological polar surface area (TPSA) is 115 Å². The summed E-state index contributed by atoms with van der Waals surface area (Å²) in [5, 5.41) is 12.9. The number of oxazole rings is 1. The number of carboxylic acid groups (broad SMARTS) is 1. The van der Waals surface area contributed by atoms with Crippen molar-refractivity contribution in [1.82, 2.24) is 20.1 Å². The van der Waals surface area contributed by atoms with Crippen molar-refractivity contribution in [3.05, 3.63) is 30.2 Å². The van der Waals surface area contributed by atoms with Gasteiger partial charge >= 0.3 is 5.97 Å². The maximum Gasteiger partial charge on any atom is 0.303 e. The van der Waals surface area contributed by atoms with Crippen LogP contribution in [0.15, 0.2) is 32.6 Å². The second-order valence-corrected chi connectivity index (χ2v) is 5.04. The molecule has 0 amide bonds. The number of carboxylic acids is 1. The maximum absolute atomic E-state index is 10.5. The number of rotatable bonds is 6. The van der Waals surface area contributed by atoms with E-state index < -0.39 is 5.97 Å². The average molecular weight is 306 g/mol. The van der Waals surface area contributed by atoms with Crippen molar-refractivity contribution in [2.24, 2.45) is 0 Å². The molecule has 0 bridgehead atoms. The van der Waals surface area contributed by atoms with Gasteiger partial charge in [0.15, 0.2) is 11.4 Å². The summed E-state index contributed by atoms with van der Waals surface area (Å²) in [4.78, 5) is 22.8. The van der Waals surface area contributed by atoms with Gasteiger partial charge in [-0.1, -0.05) is 16.9 Å². The van der Waals surface area contributed by atoms with Crippen LogP contribution < -0.4 is 0 Å². The molecule has 3 rings (SSSR count). The predicted octanol–water partition coefficient (Wildman–Crippen LogP) is 1.92. The van der Waals surface area contributed by atoms with Gasteiger partial charge in [-0.05, 0) is 0 Å². The molecule has 21 heavy (non-hydrogen) atoms. The Hall–Kier alpha value is -2.42. The molecule has 0 unspecified atom stereocenters. The second kappa shape index (κ2) is 5.92. The van der Waals surface area contributed by atoms with Gasteiger partial charge in [0.05, 0.1) is 18.4 Å². The number of thioether (sulfide) groups is 1. The van der Waals surface area contributed by atoms with Gasteiger partial charge in [0.1, 0.15) is 5.52 Å². The highest BCUT2D eigenvalue weighted by atomic mass is 32.2. The van der Waals surface area contributed by atoms with Crippen LogP contribution in [0.5, 0.6) is 0 Å². The monoisotopic (exact) mass is 306 g/mol. The van der Waals surface area contributed by atoms with Crippen molar-refractivity contribution in [2.45, 2.75) is 23.8 Å². The van der Waals surface area contributed by atoms with Crippen LogP contribution in [0.2, 0.25) is 0 Å². The van der Waals surface area contributed by atoms with E-state index in [2.05, 4.69) is 20.1 Å². The third kappa shape index (κ3) is 3.37. The first kappa shape index (κ1) is 13.6. The van der Waals surface area contributed by atoms with Crippen molar-refractivity contribution in [3.63, 3.8) is 0 Å². The van der Waals surface area contributed by atoms with Gasteiger partial charge < -0.3 is 14.0 Å². The zero-order valence-corrected chi connectivity index (χ0v) is 11.5. The lowest BCUT2D eigenvalue weighted by Crippen LogP contribution is -1.97. The number of aromatic nitrogens is 4. The van der Waals surface area contributed by atoms with Crippen molar-refractivity contribution >= 4 is 28.8 Å². The lowest BCUT2D eigenvalue weighted by molar-refractivity contribution is -0.137. The minimum absolute atomic E-state index is 0.0348. The van der Waals surface area contributed by atoms with Gasteiger partial charge in [0.2, 0.25) is 5.89 Å². The van der Waals surface area contributed by atoms with Crippen LogP contribution in [0.3, 0.4) is 0 Å². The molecule has 3 heterocycles. The summed E-state index contributed by atoms with van der Waals surface area (Å²) in [6, 6.07) is 1.74. The molecular weight excluding hydrogens is 296 g/mol. The molecule has 3 aromatic rings. The van der Waals surface area contributed by atoms with E-state index >= 15 is 0 Å². The zero-order valence-electron chi connectivity index (χ0n) is 10.7. The van der Waals surface area contributed by atoms with Crippen molar-refractivity contribution < 1.29 is 18.8 Å². The van der Waals surface area contributed by atoms with E-state index in [-0.39, 0.29) is 12.8 Å². The van der Waals surface area contributed by atoms with E-state index in [9.17, 15) is 4.79 Å². The predicted molar refractivity (Wildman–Crippen MR) is 71.6 cm³/mol. The van der Waals surface area contributed by atoms with E-state index in [0.717, 1.165) is 0 Å². The van der Waals surface area contributed by atoms with Gasteiger partial charge in [-0.25, -0.2) is 4.98 Å². The van der Waals surface area contributed by atoms with E-state index in [1.807, 2.05) is 0 Å². The minimum Gasteiger partial charge on any atom is -0.481 e. The highest BCUT2D eigenvalue weighted by Crippen LogP contribution is 2.24. The van der Waals surface area contributed by atoms with Crippen LogP contribution in [0.4, 0.5) is 0 Å². The zero-order chi connectivity index (χ0) is 14.7. The lowest BCUT2D eigenvalue weighted by Gasteiger charge is -1.89. The Morgan fingerprint density at radius 2 is 2.29 bits per heavy atom. The van der Waals surface area contributed by atoms with E-state index in [0.29, 0.717) is 33.8 Å². The Labute approximate surface area is 122 Å². The van der Waals surface area contributed by atoms with Crippen LogP contribution in [0.1, 0.15) is 18.1 Å². The van der Waals surface area contributed by atoms with Crippen molar-refractivity contribution in [2.75, 3.05) is 0 Å². The van der Waals surface area contributed by atoms with Crippen LogP contribution in [0.25, 0.3) is 11.1 Å². The molecule has 0 aromatic carbocycles. The lowest BCUT2D eigenvalue weighted by atomic mass is 10.3. The van der Waals surface area contributed by atoms with Crippen molar-refractivity contribution in [1.29, 1.82) is 0 Å². The Balaban J connectivity index is 1.60. The fraction of sp³-hybridized carbons (Fsp3) is 0.250. The molecule has 0 atom stereocenters. The van der Waals surface area contributed by atoms with Crippen LogP contribution in [-0.2, 0) is 17.0 Å². The Morgan fingerprint density at radius 3 is 3.10 bits per heavy atom. The van der Waals surface area contributed by atoms with Gasteiger partial charge in [0, 0.05) is 18.7 Å². The van der Waals surface area contributed by atoms with E-state index in [1.54, 1.807) is 18.5 Å². The van der Waals surface area contributed by atoms with Crippen LogP contribution in [0, 0.1) is 0 Å². The fourth-order valence-corrected chi connectivity index (χ4v) is 2.29. The molecule has 1 N–H and O–H groups in total. The number of hydrogen-bond acceptors (Lipinski definition) is 8. The smallest absolute Gasteiger partial charge is 0.303 e. The number of pyridine rings is 1. The second-order valence-electron chi connectivity index (χ2n) is 4.11. The van der Waals surface area contributed by atoms with Crippen molar-refractivity contribution in [3.8, 4) is 0 Å². The summed E-state index contributed by atoms with van der Waals surface area (Å²) in [5.41, 5.74) is 1.36. The molecule has 0 radical (unpaired) electrons. The minimum atomic E-state index is -0.899. The van der Waals surface area contributed by atoms with Gasteiger partial charge in [-0.15, -0.1) is 0 Å². The summed E-state index contributed by atoms with van der Waals surface area (Å²) < 4.78 is 10.5. The Morgan fingerprint density at radius 1 is 1.38 bits per heavy atom. The van der Waals surface area contributed by atoms with Gasteiger partial charge in [0.25, 0.3) is 5.22 Å². The van der Waals surface area contributed by atoms with E-state index in [1.165, 1.54) is 11.8 Å². The molecular formula is C12H10N4O4S. The number of aliphatic carboxylic acids is 1. The highest BCUT2D eigenvalue weighted by molar-refractivity contribution is 7.98. The summed E-state index contributed by atoms with van der Waals surface area (Å²) >= 11 is 1.33. The number of aryl methyl sites for hydroxylation is 1. The van der Waals surface area contributed by atoms with Crippen LogP contribution >= 0.6 is 11.8 Å². The molecule has 0 saturated carbocycles. The molecule has 0 saturated heterocycles. The SMILES string of the molecule is O=C(O)CCc1nc(CSc2nc3cnccc3o2)no1. The standard InChI is InChI=1S/C12H10N4O4S/c17-11(18)2-1-10-15-9(16-20-10)6-21-12-14-7-5-13-4-3-8(7)19-12/h3-5H,1-2,6H2,(H,17,18). The number of nitrogens with zero attached hydrogens (tertiary/aromatic N) is 4. The highest BCUT2D eigenvalue weighted by Gasteiger charge is 2.11. The summed E-state index contributed by atoms with van der Waals surface area (Å²) in [6.07, 6.45) is 3.45. The molecule has 3 aromatic heterocycles. The molecule has 8 nitrogen and oxygen atoms in total. The molecule has 0 aliphatic heterocycles. The Bertz CT molecular complexity index is 736. The van der Waals surface area contributed by atoms with Gasteiger partial charge in [-0.2, -0.15) is 4.98 Å². The number of hydrogen-bond donors (Lipinski definition) is 1. The summed E-state index contributed by atoms with van der Waals surface area (Å²) in [5.74, 6) is 0.316. The normalized spacial score (nSPS) is 11.0. The molecule has 108 valence electrons.